The first-order chi connectivity index (χ1) is 13.2. The number of ether oxygens (including phenoxy) is 3. The van der Waals surface area contributed by atoms with Crippen molar-refractivity contribution in [2.45, 2.75) is 39.5 Å². The van der Waals surface area contributed by atoms with E-state index in [1.807, 2.05) is 19.1 Å². The fourth-order valence-electron chi connectivity index (χ4n) is 4.27. The highest BCUT2D eigenvalue weighted by molar-refractivity contribution is 6.04. The van der Waals surface area contributed by atoms with E-state index in [1.54, 1.807) is 20.3 Å². The highest BCUT2D eigenvalue weighted by Crippen LogP contribution is 2.49. The number of carbonyl (C=O) groups excluding carboxylic acids is 2. The molecule has 0 amide bonds. The summed E-state index contributed by atoms with van der Waals surface area (Å²) in [5.74, 6) is 0.0469. The zero-order valence-electron chi connectivity index (χ0n) is 17.3. The molecule has 1 unspecified atom stereocenters. The molecule has 0 saturated heterocycles. The largest absolute Gasteiger partial charge is 0.493 e. The van der Waals surface area contributed by atoms with Crippen LogP contribution in [0.25, 0.3) is 0 Å². The summed E-state index contributed by atoms with van der Waals surface area (Å²) in [5.41, 5.74) is 3.14. The monoisotopic (exact) mass is 385 g/mol. The zero-order valence-corrected chi connectivity index (χ0v) is 17.3. The number of methoxy groups -OCH3 is 3. The van der Waals surface area contributed by atoms with Crippen LogP contribution in [-0.4, -0.2) is 33.1 Å². The molecule has 1 N–H and O–H groups in total. The molecule has 0 radical (unpaired) electrons. The standard InChI is InChI=1S/C22H27NO5/c1-12-17(21(25)28-6)18(13-8-7-9-16(26-4)20(13)27-5)19-14(23-12)10-22(2,3)11-15(19)24/h7-9,18,23H,10-11H2,1-6H3. The fourth-order valence-corrected chi connectivity index (χ4v) is 4.27. The van der Waals surface area contributed by atoms with Gasteiger partial charge < -0.3 is 19.5 Å². The molecule has 2 aliphatic rings. The molecule has 0 saturated carbocycles. The van der Waals surface area contributed by atoms with Gasteiger partial charge in [-0.3, -0.25) is 4.79 Å². The van der Waals surface area contributed by atoms with Gasteiger partial charge in [0.2, 0.25) is 0 Å². The number of hydrogen-bond acceptors (Lipinski definition) is 6. The molecular weight excluding hydrogens is 358 g/mol. The first-order valence-corrected chi connectivity index (χ1v) is 9.27. The summed E-state index contributed by atoms with van der Waals surface area (Å²) in [6.07, 6.45) is 1.15. The molecule has 1 atom stereocenters. The molecule has 150 valence electrons. The van der Waals surface area contributed by atoms with Gasteiger partial charge in [0.05, 0.1) is 32.8 Å². The molecule has 0 fully saturated rings. The Morgan fingerprint density at radius 2 is 1.86 bits per heavy atom. The van der Waals surface area contributed by atoms with Gasteiger partial charge in [-0.2, -0.15) is 0 Å². The minimum Gasteiger partial charge on any atom is -0.493 e. The molecule has 0 spiro atoms. The van der Waals surface area contributed by atoms with E-state index in [0.29, 0.717) is 40.3 Å². The second-order valence-corrected chi connectivity index (χ2v) is 8.00. The molecule has 3 rings (SSSR count). The second-order valence-electron chi connectivity index (χ2n) is 8.00. The summed E-state index contributed by atoms with van der Waals surface area (Å²) < 4.78 is 16.1. The topological polar surface area (TPSA) is 73.9 Å². The summed E-state index contributed by atoms with van der Waals surface area (Å²) in [5, 5.41) is 3.30. The van der Waals surface area contributed by atoms with E-state index in [0.717, 1.165) is 12.1 Å². The third kappa shape index (κ3) is 3.28. The number of ketones is 1. The van der Waals surface area contributed by atoms with Crippen molar-refractivity contribution in [3.63, 3.8) is 0 Å². The van der Waals surface area contributed by atoms with Crippen LogP contribution in [0.15, 0.2) is 40.7 Å². The molecule has 0 bridgehead atoms. The molecular formula is C22H27NO5. The number of dihydropyridines is 1. The van der Waals surface area contributed by atoms with E-state index in [2.05, 4.69) is 19.2 Å². The van der Waals surface area contributed by atoms with E-state index in [-0.39, 0.29) is 11.2 Å². The smallest absolute Gasteiger partial charge is 0.336 e. The summed E-state index contributed by atoms with van der Waals surface area (Å²) in [6.45, 7) is 5.99. The van der Waals surface area contributed by atoms with Crippen LogP contribution in [0.4, 0.5) is 0 Å². The van der Waals surface area contributed by atoms with Crippen LogP contribution in [0.1, 0.15) is 45.1 Å². The maximum atomic E-state index is 13.2. The van der Waals surface area contributed by atoms with Gasteiger partial charge in [0, 0.05) is 29.0 Å². The van der Waals surface area contributed by atoms with E-state index >= 15 is 0 Å². The van der Waals surface area contributed by atoms with E-state index in [4.69, 9.17) is 14.2 Å². The predicted octanol–water partition coefficient (Wildman–Crippen LogP) is 3.48. The van der Waals surface area contributed by atoms with Gasteiger partial charge in [0.25, 0.3) is 0 Å². The number of allylic oxidation sites excluding steroid dienone is 3. The first-order valence-electron chi connectivity index (χ1n) is 9.27. The highest BCUT2D eigenvalue weighted by Gasteiger charge is 2.44. The SMILES string of the molecule is COC(=O)C1=C(C)NC2=C(C(=O)CC(C)(C)C2)C1c1cccc(OC)c1OC. The van der Waals surface area contributed by atoms with Crippen LogP contribution in [0, 0.1) is 5.41 Å². The van der Waals surface area contributed by atoms with Gasteiger partial charge in [-0.25, -0.2) is 4.79 Å². The lowest BCUT2D eigenvalue weighted by Gasteiger charge is -2.39. The van der Waals surface area contributed by atoms with Crippen molar-refractivity contribution < 1.29 is 23.8 Å². The minimum absolute atomic E-state index is 0.0301. The third-order valence-electron chi connectivity index (χ3n) is 5.39. The molecule has 1 aliphatic heterocycles. The molecule has 1 heterocycles. The van der Waals surface area contributed by atoms with Crippen LogP contribution < -0.4 is 14.8 Å². The number of esters is 1. The zero-order chi connectivity index (χ0) is 20.6. The van der Waals surface area contributed by atoms with Crippen molar-refractivity contribution in [2.75, 3.05) is 21.3 Å². The van der Waals surface area contributed by atoms with E-state index < -0.39 is 11.9 Å². The van der Waals surface area contributed by atoms with E-state index in [9.17, 15) is 9.59 Å². The number of benzene rings is 1. The maximum Gasteiger partial charge on any atom is 0.336 e. The van der Waals surface area contributed by atoms with Crippen molar-refractivity contribution in [1.29, 1.82) is 0 Å². The first kappa shape index (κ1) is 20.0. The van der Waals surface area contributed by atoms with Crippen LogP contribution in [0.3, 0.4) is 0 Å². The molecule has 28 heavy (non-hydrogen) atoms. The van der Waals surface area contributed by atoms with Gasteiger partial charge in [-0.15, -0.1) is 0 Å². The minimum atomic E-state index is -0.572. The van der Waals surface area contributed by atoms with Gasteiger partial charge in [0.1, 0.15) is 0 Å². The second kappa shape index (κ2) is 7.34. The lowest BCUT2D eigenvalue weighted by molar-refractivity contribution is -0.136. The Bertz CT molecular complexity index is 894. The highest BCUT2D eigenvalue weighted by atomic mass is 16.5. The van der Waals surface area contributed by atoms with Crippen LogP contribution >= 0.6 is 0 Å². The van der Waals surface area contributed by atoms with Crippen LogP contribution in [0.5, 0.6) is 11.5 Å². The van der Waals surface area contributed by atoms with Gasteiger partial charge in [-0.05, 0) is 24.8 Å². The number of Topliss-reactive ketones (excluding diaryl/α,β-unsaturated/α-hetero) is 1. The predicted molar refractivity (Wildman–Crippen MR) is 105 cm³/mol. The normalized spacial score (nSPS) is 21.1. The number of para-hydroxylation sites is 1. The van der Waals surface area contributed by atoms with Crippen LogP contribution in [0.2, 0.25) is 0 Å². The summed E-state index contributed by atoms with van der Waals surface area (Å²) in [7, 11) is 4.46. The Labute approximate surface area is 165 Å². The van der Waals surface area contributed by atoms with Crippen molar-refractivity contribution in [2.24, 2.45) is 5.41 Å². The summed E-state index contributed by atoms with van der Waals surface area (Å²) >= 11 is 0. The van der Waals surface area contributed by atoms with Crippen molar-refractivity contribution >= 4 is 11.8 Å². The number of hydrogen-bond donors (Lipinski definition) is 1. The lowest BCUT2D eigenvalue weighted by Crippen LogP contribution is -2.38. The number of rotatable bonds is 4. The van der Waals surface area contributed by atoms with E-state index in [1.165, 1.54) is 7.11 Å². The molecule has 1 aromatic carbocycles. The lowest BCUT2D eigenvalue weighted by atomic mass is 9.68. The Morgan fingerprint density at radius 1 is 1.14 bits per heavy atom. The quantitative estimate of drug-likeness (QED) is 0.800. The Kier molecular flexibility index (Phi) is 5.24. The Hall–Kier alpha value is -2.76. The van der Waals surface area contributed by atoms with Crippen molar-refractivity contribution in [3.05, 3.63) is 46.3 Å². The Morgan fingerprint density at radius 3 is 2.46 bits per heavy atom. The average Bonchev–Trinajstić information content (AvgIpc) is 2.64. The Balaban J connectivity index is 2.29. The molecule has 6 nitrogen and oxygen atoms in total. The van der Waals surface area contributed by atoms with Gasteiger partial charge in [-0.1, -0.05) is 26.0 Å². The molecule has 0 aromatic heterocycles. The molecule has 6 heteroatoms. The van der Waals surface area contributed by atoms with Gasteiger partial charge >= 0.3 is 5.97 Å². The average molecular weight is 385 g/mol. The number of nitrogens with one attached hydrogen (secondary N) is 1. The molecule has 1 aromatic rings. The van der Waals surface area contributed by atoms with Crippen LogP contribution in [-0.2, 0) is 14.3 Å². The third-order valence-corrected chi connectivity index (χ3v) is 5.39. The number of carbonyl (C=O) groups is 2. The summed E-state index contributed by atoms with van der Waals surface area (Å²) in [6, 6.07) is 5.49. The van der Waals surface area contributed by atoms with Crippen molar-refractivity contribution in [3.8, 4) is 11.5 Å². The summed E-state index contributed by atoms with van der Waals surface area (Å²) in [4.78, 5) is 25.9. The molecule has 1 aliphatic carbocycles. The van der Waals surface area contributed by atoms with Gasteiger partial charge in [0.15, 0.2) is 17.3 Å². The fraction of sp³-hybridized carbons (Fsp3) is 0.455. The van der Waals surface area contributed by atoms with Crippen molar-refractivity contribution in [1.82, 2.24) is 5.32 Å². The maximum absolute atomic E-state index is 13.2.